The lowest BCUT2D eigenvalue weighted by Crippen LogP contribution is -2.24. The number of thiophene rings is 1. The van der Waals surface area contributed by atoms with E-state index in [2.05, 4.69) is 15.0 Å². The Kier molecular flexibility index (Phi) is 3.61. The van der Waals surface area contributed by atoms with Gasteiger partial charge in [0.15, 0.2) is 11.2 Å². The van der Waals surface area contributed by atoms with Crippen molar-refractivity contribution in [1.82, 2.24) is 19.5 Å². The van der Waals surface area contributed by atoms with E-state index in [9.17, 15) is 15.0 Å². The van der Waals surface area contributed by atoms with Crippen molar-refractivity contribution in [3.05, 3.63) is 27.2 Å². The highest BCUT2D eigenvalue weighted by atomic mass is 32.1. The van der Waals surface area contributed by atoms with Crippen LogP contribution in [0.15, 0.2) is 21.6 Å². The van der Waals surface area contributed by atoms with E-state index in [0.29, 0.717) is 5.82 Å². The molecule has 1 aliphatic heterocycles. The van der Waals surface area contributed by atoms with Gasteiger partial charge in [0.25, 0.3) is 5.56 Å². The SMILES string of the molecule is Nc1nc2c(nc(-c3ccsc3)n2[C@H]2C[C@H](O)[C@@H](CO)O2)c(=O)[nH]1. The summed E-state index contributed by atoms with van der Waals surface area (Å²) in [5, 5.41) is 23.1. The summed E-state index contributed by atoms with van der Waals surface area (Å²) < 4.78 is 7.38. The molecule has 4 heterocycles. The first-order chi connectivity index (χ1) is 11.6. The molecule has 5 N–H and O–H groups in total. The molecule has 126 valence electrons. The number of ether oxygens (including phenoxy) is 1. The highest BCUT2D eigenvalue weighted by Gasteiger charge is 2.37. The van der Waals surface area contributed by atoms with Crippen molar-refractivity contribution >= 4 is 28.4 Å². The van der Waals surface area contributed by atoms with Gasteiger partial charge in [-0.15, -0.1) is 0 Å². The average molecular weight is 349 g/mol. The van der Waals surface area contributed by atoms with Crippen molar-refractivity contribution in [2.45, 2.75) is 24.9 Å². The Morgan fingerprint density at radius 1 is 1.50 bits per heavy atom. The molecular formula is C14H15N5O4S. The normalized spacial score (nSPS) is 24.0. The molecule has 4 rings (SSSR count). The van der Waals surface area contributed by atoms with Gasteiger partial charge >= 0.3 is 0 Å². The van der Waals surface area contributed by atoms with E-state index >= 15 is 0 Å². The average Bonchev–Trinajstić information content (AvgIpc) is 3.24. The van der Waals surface area contributed by atoms with Crippen LogP contribution in [0.3, 0.4) is 0 Å². The van der Waals surface area contributed by atoms with Gasteiger partial charge in [-0.05, 0) is 11.4 Å². The summed E-state index contributed by atoms with van der Waals surface area (Å²) >= 11 is 1.49. The van der Waals surface area contributed by atoms with Crippen molar-refractivity contribution in [3.63, 3.8) is 0 Å². The summed E-state index contributed by atoms with van der Waals surface area (Å²) in [6.45, 7) is -0.297. The van der Waals surface area contributed by atoms with Crippen LogP contribution in [0, 0.1) is 0 Å². The molecule has 0 aromatic carbocycles. The molecule has 9 nitrogen and oxygen atoms in total. The van der Waals surface area contributed by atoms with Crippen molar-refractivity contribution in [1.29, 1.82) is 0 Å². The molecule has 3 aromatic heterocycles. The molecule has 1 fully saturated rings. The van der Waals surface area contributed by atoms with Crippen molar-refractivity contribution in [2.24, 2.45) is 0 Å². The molecule has 1 saturated heterocycles. The second-order valence-electron chi connectivity index (χ2n) is 5.56. The van der Waals surface area contributed by atoms with Gasteiger partial charge in [-0.1, -0.05) is 0 Å². The van der Waals surface area contributed by atoms with Crippen molar-refractivity contribution in [2.75, 3.05) is 12.3 Å². The number of fused-ring (bicyclic) bond motifs is 1. The minimum Gasteiger partial charge on any atom is -0.394 e. The number of H-pyrrole nitrogens is 1. The molecule has 1 aliphatic rings. The first-order valence-corrected chi connectivity index (χ1v) is 8.27. The van der Waals surface area contributed by atoms with Crippen LogP contribution in [0.5, 0.6) is 0 Å². The highest BCUT2D eigenvalue weighted by Crippen LogP contribution is 2.35. The van der Waals surface area contributed by atoms with E-state index in [1.807, 2.05) is 16.8 Å². The molecule has 0 unspecified atom stereocenters. The van der Waals surface area contributed by atoms with Gasteiger partial charge in [0.2, 0.25) is 5.95 Å². The van der Waals surface area contributed by atoms with E-state index in [1.54, 1.807) is 4.57 Å². The molecule has 0 bridgehead atoms. The van der Waals surface area contributed by atoms with Crippen LogP contribution in [-0.4, -0.2) is 48.5 Å². The molecule has 0 amide bonds. The number of hydrogen-bond acceptors (Lipinski definition) is 8. The Labute approximate surface area is 139 Å². The van der Waals surface area contributed by atoms with Crippen molar-refractivity contribution in [3.8, 4) is 11.4 Å². The number of aliphatic hydroxyl groups is 2. The zero-order valence-corrected chi connectivity index (χ0v) is 13.2. The van der Waals surface area contributed by atoms with Crippen LogP contribution in [0.2, 0.25) is 0 Å². The number of aromatic amines is 1. The molecule has 3 atom stereocenters. The smallest absolute Gasteiger partial charge is 0.280 e. The summed E-state index contributed by atoms with van der Waals surface area (Å²) in [5.74, 6) is 0.480. The van der Waals surface area contributed by atoms with Crippen LogP contribution in [0.1, 0.15) is 12.6 Å². The third-order valence-corrected chi connectivity index (χ3v) is 4.70. The summed E-state index contributed by atoms with van der Waals surface area (Å²) in [5.41, 5.74) is 6.47. The molecule has 3 aromatic rings. The summed E-state index contributed by atoms with van der Waals surface area (Å²) in [6, 6.07) is 1.87. The maximum absolute atomic E-state index is 12.2. The number of aliphatic hydroxyl groups excluding tert-OH is 2. The predicted octanol–water partition coefficient (Wildman–Crippen LogP) is 0.0710. The minimum atomic E-state index is -0.813. The Hall–Kier alpha value is -2.27. The minimum absolute atomic E-state index is 0.0252. The fourth-order valence-electron chi connectivity index (χ4n) is 2.91. The van der Waals surface area contributed by atoms with Crippen LogP contribution in [-0.2, 0) is 4.74 Å². The number of hydrogen-bond donors (Lipinski definition) is 4. The second kappa shape index (κ2) is 5.67. The van der Waals surface area contributed by atoms with Crippen LogP contribution in [0.25, 0.3) is 22.6 Å². The number of anilines is 1. The Balaban J connectivity index is 1.95. The molecule has 0 saturated carbocycles. The number of nitrogens with zero attached hydrogens (tertiary/aromatic N) is 3. The third-order valence-electron chi connectivity index (χ3n) is 4.02. The molecule has 24 heavy (non-hydrogen) atoms. The Morgan fingerprint density at radius 3 is 3.00 bits per heavy atom. The number of imidazole rings is 1. The maximum Gasteiger partial charge on any atom is 0.280 e. The van der Waals surface area contributed by atoms with E-state index in [1.165, 1.54) is 11.3 Å². The fraction of sp³-hybridized carbons (Fsp3) is 0.357. The number of aromatic nitrogens is 4. The zero-order chi connectivity index (χ0) is 16.8. The summed E-state index contributed by atoms with van der Waals surface area (Å²) in [4.78, 5) is 23.2. The molecule has 0 radical (unpaired) electrons. The number of nitrogen functional groups attached to an aromatic ring is 1. The monoisotopic (exact) mass is 349 g/mol. The Bertz CT molecular complexity index is 935. The van der Waals surface area contributed by atoms with Crippen LogP contribution in [0.4, 0.5) is 5.95 Å². The van der Waals surface area contributed by atoms with Gasteiger partial charge in [-0.3, -0.25) is 14.3 Å². The largest absolute Gasteiger partial charge is 0.394 e. The predicted molar refractivity (Wildman–Crippen MR) is 87.5 cm³/mol. The molecule has 0 aliphatic carbocycles. The topological polar surface area (TPSA) is 139 Å². The van der Waals surface area contributed by atoms with Gasteiger partial charge in [-0.25, -0.2) is 4.98 Å². The fourth-order valence-corrected chi connectivity index (χ4v) is 3.54. The molecular weight excluding hydrogens is 334 g/mol. The van der Waals surface area contributed by atoms with Gasteiger partial charge in [-0.2, -0.15) is 16.3 Å². The van der Waals surface area contributed by atoms with Gasteiger partial charge in [0.1, 0.15) is 18.2 Å². The van der Waals surface area contributed by atoms with Gasteiger partial charge in [0.05, 0.1) is 12.7 Å². The lowest BCUT2D eigenvalue weighted by molar-refractivity contribution is -0.0426. The molecule has 0 spiro atoms. The standard InChI is InChI=1S/C14H15N5O4S/c15-14-17-12-10(13(22)18-14)16-11(6-1-2-24-5-6)19(12)9-3-7(21)8(4-20)23-9/h1-2,5,7-9,20-21H,3-4H2,(H3,15,17,18,22)/t7-,8+,9+/m0/s1. The maximum atomic E-state index is 12.2. The third kappa shape index (κ3) is 2.31. The molecule has 10 heteroatoms. The second-order valence-corrected chi connectivity index (χ2v) is 6.34. The number of rotatable bonds is 3. The van der Waals surface area contributed by atoms with E-state index in [4.69, 9.17) is 10.5 Å². The van der Waals surface area contributed by atoms with Gasteiger partial charge in [0, 0.05) is 17.4 Å². The highest BCUT2D eigenvalue weighted by molar-refractivity contribution is 7.08. The zero-order valence-electron chi connectivity index (χ0n) is 12.4. The summed E-state index contributed by atoms with van der Waals surface area (Å²) in [7, 11) is 0. The van der Waals surface area contributed by atoms with E-state index < -0.39 is 24.0 Å². The first kappa shape index (κ1) is 15.3. The summed E-state index contributed by atoms with van der Waals surface area (Å²) in [6.07, 6.45) is -1.86. The first-order valence-electron chi connectivity index (χ1n) is 7.33. The van der Waals surface area contributed by atoms with Crippen LogP contribution < -0.4 is 11.3 Å². The van der Waals surface area contributed by atoms with E-state index in [0.717, 1.165) is 5.56 Å². The number of nitrogens with two attached hydrogens (primary N) is 1. The number of nitrogens with one attached hydrogen (secondary N) is 1. The Morgan fingerprint density at radius 2 is 2.33 bits per heavy atom. The van der Waals surface area contributed by atoms with Crippen molar-refractivity contribution < 1.29 is 14.9 Å². The van der Waals surface area contributed by atoms with Crippen LogP contribution >= 0.6 is 11.3 Å². The lowest BCUT2D eigenvalue weighted by Gasteiger charge is -2.16. The van der Waals surface area contributed by atoms with Gasteiger partial charge < -0.3 is 20.7 Å². The van der Waals surface area contributed by atoms with E-state index in [-0.39, 0.29) is 30.1 Å². The quantitative estimate of drug-likeness (QED) is 0.525. The lowest BCUT2D eigenvalue weighted by atomic mass is 10.2.